The van der Waals surface area contributed by atoms with Gasteiger partial charge >= 0.3 is 0 Å². The number of benzene rings is 2. The van der Waals surface area contributed by atoms with Gasteiger partial charge in [-0.25, -0.2) is 4.39 Å². The summed E-state index contributed by atoms with van der Waals surface area (Å²) < 4.78 is 27.3. The second kappa shape index (κ2) is 12.1. The van der Waals surface area contributed by atoms with Crippen LogP contribution >= 0.6 is 0 Å². The van der Waals surface area contributed by atoms with Crippen molar-refractivity contribution in [1.82, 2.24) is 9.80 Å². The Balaban J connectivity index is 1.58. The van der Waals surface area contributed by atoms with Gasteiger partial charge in [-0.3, -0.25) is 9.59 Å². The largest absolute Gasteiger partial charge is 0.485 e. The van der Waals surface area contributed by atoms with Crippen molar-refractivity contribution in [2.75, 3.05) is 33.3 Å². The highest BCUT2D eigenvalue weighted by molar-refractivity contribution is 5.96. The van der Waals surface area contributed by atoms with Crippen LogP contribution in [0.5, 0.6) is 5.75 Å². The summed E-state index contributed by atoms with van der Waals surface area (Å²) in [6.07, 6.45) is 5.60. The lowest BCUT2D eigenvalue weighted by Crippen LogP contribution is -2.43. The van der Waals surface area contributed by atoms with Gasteiger partial charge in [0.25, 0.3) is 5.91 Å². The molecule has 0 aromatic heterocycles. The minimum atomic E-state index is -1.05. The summed E-state index contributed by atoms with van der Waals surface area (Å²) in [6.45, 7) is 5.46. The van der Waals surface area contributed by atoms with Gasteiger partial charge in [-0.15, -0.1) is 0 Å². The summed E-state index contributed by atoms with van der Waals surface area (Å²) in [4.78, 5) is 30.4. The summed E-state index contributed by atoms with van der Waals surface area (Å²) in [6, 6.07) is 13.7. The van der Waals surface area contributed by atoms with Gasteiger partial charge in [-0.2, -0.15) is 0 Å². The van der Waals surface area contributed by atoms with Gasteiger partial charge in [0.05, 0.1) is 24.1 Å². The lowest BCUT2D eigenvalue weighted by atomic mass is 9.83. The van der Waals surface area contributed by atoms with Gasteiger partial charge in [-0.1, -0.05) is 56.0 Å². The SMILES string of the molecule is CN1CCCCCCCCO[C@@H]2CN(C(=O)C(C)(C)c3ccccc3F)C[C@H]2Oc2ccccc2C1=O. The molecule has 0 unspecified atom stereocenters. The van der Waals surface area contributed by atoms with Crippen molar-refractivity contribution in [2.45, 2.75) is 70.0 Å². The number of amides is 2. The van der Waals surface area contributed by atoms with Crippen molar-refractivity contribution in [3.8, 4) is 5.75 Å². The first-order chi connectivity index (χ1) is 17.8. The molecule has 2 aliphatic heterocycles. The Labute approximate surface area is 219 Å². The van der Waals surface area contributed by atoms with Crippen LogP contribution in [0.2, 0.25) is 0 Å². The molecule has 7 heteroatoms. The van der Waals surface area contributed by atoms with E-state index in [0.717, 1.165) is 38.5 Å². The first kappa shape index (κ1) is 27.1. The Morgan fingerprint density at radius 3 is 2.35 bits per heavy atom. The average molecular weight is 511 g/mol. The molecule has 1 saturated heterocycles. The van der Waals surface area contributed by atoms with Crippen molar-refractivity contribution in [2.24, 2.45) is 0 Å². The van der Waals surface area contributed by atoms with Gasteiger partial charge < -0.3 is 19.3 Å². The molecule has 0 N–H and O–H groups in total. The van der Waals surface area contributed by atoms with E-state index in [4.69, 9.17) is 9.47 Å². The van der Waals surface area contributed by atoms with E-state index in [-0.39, 0.29) is 17.9 Å². The topological polar surface area (TPSA) is 59.1 Å². The molecule has 4 rings (SSSR count). The highest BCUT2D eigenvalue weighted by Crippen LogP contribution is 2.32. The van der Waals surface area contributed by atoms with Crippen molar-refractivity contribution in [3.05, 3.63) is 65.5 Å². The monoisotopic (exact) mass is 510 g/mol. The Hall–Kier alpha value is -2.93. The smallest absolute Gasteiger partial charge is 0.257 e. The number of nitrogens with zero attached hydrogens (tertiary/aromatic N) is 2. The number of likely N-dealkylation sites (tertiary alicyclic amines) is 1. The van der Waals surface area contributed by atoms with Crippen LogP contribution in [0.3, 0.4) is 0 Å². The van der Waals surface area contributed by atoms with E-state index < -0.39 is 17.3 Å². The molecule has 0 saturated carbocycles. The normalized spacial score (nSPS) is 22.2. The number of fused-ring (bicyclic) bond motifs is 2. The van der Waals surface area contributed by atoms with Crippen molar-refractivity contribution in [1.29, 1.82) is 0 Å². The molecule has 1 fully saturated rings. The quantitative estimate of drug-likeness (QED) is 0.557. The highest BCUT2D eigenvalue weighted by atomic mass is 19.1. The molecule has 0 aliphatic carbocycles. The fourth-order valence-corrected chi connectivity index (χ4v) is 5.27. The molecule has 2 aromatic carbocycles. The van der Waals surface area contributed by atoms with Crippen LogP contribution in [-0.4, -0.2) is 67.1 Å². The second-order valence-corrected chi connectivity index (χ2v) is 10.7. The van der Waals surface area contributed by atoms with E-state index >= 15 is 0 Å². The highest BCUT2D eigenvalue weighted by Gasteiger charge is 2.44. The first-order valence-corrected chi connectivity index (χ1v) is 13.5. The first-order valence-electron chi connectivity index (χ1n) is 13.5. The number of para-hydroxylation sites is 1. The minimum absolute atomic E-state index is 0.0771. The zero-order valence-electron chi connectivity index (χ0n) is 22.2. The van der Waals surface area contributed by atoms with E-state index in [0.29, 0.717) is 43.1 Å². The molecule has 2 heterocycles. The molecule has 200 valence electrons. The van der Waals surface area contributed by atoms with Crippen molar-refractivity contribution < 1.29 is 23.5 Å². The van der Waals surface area contributed by atoms with Crippen LogP contribution in [-0.2, 0) is 14.9 Å². The fourth-order valence-electron chi connectivity index (χ4n) is 5.27. The zero-order valence-corrected chi connectivity index (χ0v) is 22.2. The van der Waals surface area contributed by atoms with E-state index in [9.17, 15) is 14.0 Å². The summed E-state index contributed by atoms with van der Waals surface area (Å²) in [5.74, 6) is -0.152. The van der Waals surface area contributed by atoms with Gasteiger partial charge in [-0.05, 0) is 44.9 Å². The van der Waals surface area contributed by atoms with Gasteiger partial charge in [0, 0.05) is 25.8 Å². The maximum Gasteiger partial charge on any atom is 0.257 e. The van der Waals surface area contributed by atoms with Crippen LogP contribution in [0.25, 0.3) is 0 Å². The average Bonchev–Trinajstić information content (AvgIpc) is 3.28. The third-order valence-corrected chi connectivity index (χ3v) is 7.55. The lowest BCUT2D eigenvalue weighted by molar-refractivity contribution is -0.135. The number of carbonyl (C=O) groups is 2. The molecule has 2 amide bonds. The zero-order chi connectivity index (χ0) is 26.4. The number of hydrogen-bond acceptors (Lipinski definition) is 4. The number of hydrogen-bond donors (Lipinski definition) is 0. The van der Waals surface area contributed by atoms with Crippen LogP contribution < -0.4 is 4.74 Å². The summed E-state index contributed by atoms with van der Waals surface area (Å²) in [5, 5.41) is 0. The maximum absolute atomic E-state index is 14.6. The van der Waals surface area contributed by atoms with Crippen molar-refractivity contribution in [3.63, 3.8) is 0 Å². The van der Waals surface area contributed by atoms with E-state index in [1.54, 1.807) is 54.0 Å². The molecule has 2 aliphatic rings. The molecule has 2 atom stereocenters. The van der Waals surface area contributed by atoms with Gasteiger partial charge in [0.2, 0.25) is 5.91 Å². The standard InChI is InChI=1S/C30H39FN2O4/c1-30(2,23-15-9-10-16-24(23)31)29(35)33-20-26-27(21-33)37-25-17-11-8-14-22(25)28(34)32(3)18-12-6-4-5-7-13-19-36-26/h8-11,14-17,26-27H,4-7,12-13,18-21H2,1-3H3/t26-,27-/m1/s1. The molecule has 37 heavy (non-hydrogen) atoms. The fraction of sp³-hybridized carbons (Fsp3) is 0.533. The summed E-state index contributed by atoms with van der Waals surface area (Å²) in [7, 11) is 1.83. The van der Waals surface area contributed by atoms with Gasteiger partial charge in [0.1, 0.15) is 23.8 Å². The van der Waals surface area contributed by atoms with Crippen molar-refractivity contribution >= 4 is 11.8 Å². The molecule has 2 aromatic rings. The van der Waals surface area contributed by atoms with Crippen LogP contribution in [0.1, 0.15) is 68.3 Å². The van der Waals surface area contributed by atoms with Gasteiger partial charge in [0.15, 0.2) is 0 Å². The third-order valence-electron chi connectivity index (χ3n) is 7.55. The lowest BCUT2D eigenvalue weighted by Gasteiger charge is -2.30. The maximum atomic E-state index is 14.6. The Bertz CT molecular complexity index is 1090. The summed E-state index contributed by atoms with van der Waals surface area (Å²) in [5.41, 5.74) is -0.171. The van der Waals surface area contributed by atoms with Crippen LogP contribution in [0, 0.1) is 5.82 Å². The summed E-state index contributed by atoms with van der Waals surface area (Å²) >= 11 is 0. The molecule has 0 spiro atoms. The number of halogens is 1. The van der Waals surface area contributed by atoms with E-state index in [2.05, 4.69) is 0 Å². The number of rotatable bonds is 2. The Kier molecular flexibility index (Phi) is 8.85. The minimum Gasteiger partial charge on any atom is -0.485 e. The molecular weight excluding hydrogens is 471 g/mol. The van der Waals surface area contributed by atoms with E-state index in [1.807, 2.05) is 19.2 Å². The predicted molar refractivity (Wildman–Crippen MR) is 141 cm³/mol. The molecular formula is C30H39FN2O4. The Morgan fingerprint density at radius 2 is 1.57 bits per heavy atom. The molecule has 0 bridgehead atoms. The predicted octanol–water partition coefficient (Wildman–Crippen LogP) is 5.20. The van der Waals surface area contributed by atoms with Crippen LogP contribution in [0.15, 0.2) is 48.5 Å². The van der Waals surface area contributed by atoms with E-state index in [1.165, 1.54) is 6.07 Å². The molecule has 6 nitrogen and oxygen atoms in total. The third kappa shape index (κ3) is 6.32. The number of carbonyl (C=O) groups excluding carboxylic acids is 2. The second-order valence-electron chi connectivity index (χ2n) is 10.7. The van der Waals surface area contributed by atoms with Crippen LogP contribution in [0.4, 0.5) is 4.39 Å². The molecule has 0 radical (unpaired) electrons. The Morgan fingerprint density at radius 1 is 0.919 bits per heavy atom. The number of ether oxygens (including phenoxy) is 2.